The van der Waals surface area contributed by atoms with Crippen molar-refractivity contribution in [2.24, 2.45) is 0 Å². The topological polar surface area (TPSA) is 30.5 Å². The fraction of sp³-hybridized carbons (Fsp3) is 0.571. The standard InChI is InChI=1S/C14H23NO2S/c1-10-8-13(16-3)14(17-4)9-11(10)12(15-2)6-7-18-5/h8-9,12,15H,6-7H2,1-5H3. The van der Waals surface area contributed by atoms with Crippen LogP contribution in [0.1, 0.15) is 23.6 Å². The number of thioether (sulfide) groups is 1. The summed E-state index contributed by atoms with van der Waals surface area (Å²) in [5.74, 6) is 2.72. The summed E-state index contributed by atoms with van der Waals surface area (Å²) in [7, 11) is 5.34. The van der Waals surface area contributed by atoms with Crippen molar-refractivity contribution >= 4 is 11.8 Å². The highest BCUT2D eigenvalue weighted by Crippen LogP contribution is 2.33. The summed E-state index contributed by atoms with van der Waals surface area (Å²) in [6.45, 7) is 2.11. The zero-order valence-corrected chi connectivity index (χ0v) is 12.7. The molecule has 1 rings (SSSR count). The second-order valence-electron chi connectivity index (χ2n) is 4.19. The quantitative estimate of drug-likeness (QED) is 0.824. The largest absolute Gasteiger partial charge is 0.493 e. The van der Waals surface area contributed by atoms with Gasteiger partial charge in [-0.2, -0.15) is 11.8 Å². The maximum Gasteiger partial charge on any atom is 0.161 e. The second kappa shape index (κ2) is 7.54. The Morgan fingerprint density at radius 3 is 2.33 bits per heavy atom. The summed E-state index contributed by atoms with van der Waals surface area (Å²) in [5, 5.41) is 3.37. The summed E-state index contributed by atoms with van der Waals surface area (Å²) in [5.41, 5.74) is 2.51. The molecule has 0 fully saturated rings. The SMILES string of the molecule is CNC(CCSC)c1cc(OC)c(OC)cc1C. The molecule has 1 atom stereocenters. The van der Waals surface area contributed by atoms with E-state index in [4.69, 9.17) is 9.47 Å². The van der Waals surface area contributed by atoms with Crippen LogP contribution in [0, 0.1) is 6.92 Å². The number of nitrogens with one attached hydrogen (secondary N) is 1. The lowest BCUT2D eigenvalue weighted by atomic mass is 9.98. The molecule has 0 amide bonds. The highest BCUT2D eigenvalue weighted by molar-refractivity contribution is 7.98. The third kappa shape index (κ3) is 3.56. The van der Waals surface area contributed by atoms with Crippen LogP contribution in [0.3, 0.4) is 0 Å². The molecule has 4 heteroatoms. The first-order valence-corrected chi connectivity index (χ1v) is 7.46. The highest BCUT2D eigenvalue weighted by atomic mass is 32.2. The Labute approximate surface area is 114 Å². The number of hydrogen-bond donors (Lipinski definition) is 1. The maximum absolute atomic E-state index is 5.37. The van der Waals surface area contributed by atoms with Gasteiger partial charge in [-0.1, -0.05) is 0 Å². The summed E-state index contributed by atoms with van der Waals surface area (Å²) in [4.78, 5) is 0. The number of ether oxygens (including phenoxy) is 2. The molecular formula is C14H23NO2S. The Morgan fingerprint density at radius 2 is 1.83 bits per heavy atom. The monoisotopic (exact) mass is 269 g/mol. The Bertz CT molecular complexity index is 382. The van der Waals surface area contributed by atoms with Crippen LogP contribution in [0.2, 0.25) is 0 Å². The van der Waals surface area contributed by atoms with Gasteiger partial charge in [0.2, 0.25) is 0 Å². The molecular weight excluding hydrogens is 246 g/mol. The average Bonchev–Trinajstić information content (AvgIpc) is 2.40. The van der Waals surface area contributed by atoms with Crippen LogP contribution in [0.15, 0.2) is 12.1 Å². The molecule has 0 saturated heterocycles. The van der Waals surface area contributed by atoms with Crippen molar-refractivity contribution in [3.63, 3.8) is 0 Å². The fourth-order valence-electron chi connectivity index (χ4n) is 2.06. The lowest BCUT2D eigenvalue weighted by Gasteiger charge is -2.20. The van der Waals surface area contributed by atoms with Crippen molar-refractivity contribution in [3.05, 3.63) is 23.3 Å². The van der Waals surface area contributed by atoms with E-state index in [1.54, 1.807) is 14.2 Å². The van der Waals surface area contributed by atoms with Gasteiger partial charge < -0.3 is 14.8 Å². The Balaban J connectivity index is 3.06. The van der Waals surface area contributed by atoms with E-state index in [1.165, 1.54) is 11.1 Å². The lowest BCUT2D eigenvalue weighted by Crippen LogP contribution is -2.18. The van der Waals surface area contributed by atoms with Gasteiger partial charge in [0.1, 0.15) is 0 Å². The molecule has 0 spiro atoms. The molecule has 0 saturated carbocycles. The first-order chi connectivity index (χ1) is 8.67. The Kier molecular flexibility index (Phi) is 6.36. The molecule has 1 aromatic carbocycles. The molecule has 1 unspecified atom stereocenters. The van der Waals surface area contributed by atoms with Crippen LogP contribution in [-0.4, -0.2) is 33.3 Å². The summed E-state index contributed by atoms with van der Waals surface area (Å²) in [6, 6.07) is 4.48. The van der Waals surface area contributed by atoms with E-state index < -0.39 is 0 Å². The molecule has 0 aliphatic heterocycles. The van der Waals surface area contributed by atoms with Gasteiger partial charge in [0.05, 0.1) is 14.2 Å². The fourth-order valence-corrected chi connectivity index (χ4v) is 2.53. The van der Waals surface area contributed by atoms with E-state index in [0.29, 0.717) is 6.04 Å². The van der Waals surface area contributed by atoms with Gasteiger partial charge in [0.25, 0.3) is 0 Å². The number of benzene rings is 1. The maximum atomic E-state index is 5.37. The smallest absolute Gasteiger partial charge is 0.161 e. The van der Waals surface area contributed by atoms with Crippen LogP contribution >= 0.6 is 11.8 Å². The van der Waals surface area contributed by atoms with Crippen molar-refractivity contribution < 1.29 is 9.47 Å². The van der Waals surface area contributed by atoms with Crippen LogP contribution in [0.5, 0.6) is 11.5 Å². The molecule has 0 aromatic heterocycles. The predicted molar refractivity (Wildman–Crippen MR) is 79.1 cm³/mol. The van der Waals surface area contributed by atoms with Crippen molar-refractivity contribution in [1.29, 1.82) is 0 Å². The predicted octanol–water partition coefficient (Wildman–Crippen LogP) is 3.03. The Morgan fingerprint density at radius 1 is 1.22 bits per heavy atom. The lowest BCUT2D eigenvalue weighted by molar-refractivity contribution is 0.353. The van der Waals surface area contributed by atoms with Gasteiger partial charge in [0, 0.05) is 6.04 Å². The molecule has 0 aliphatic rings. The van der Waals surface area contributed by atoms with Crippen LogP contribution in [0.4, 0.5) is 0 Å². The molecule has 0 bridgehead atoms. The molecule has 1 aromatic rings. The van der Waals surface area contributed by atoms with Gasteiger partial charge in [0.15, 0.2) is 11.5 Å². The summed E-state index contributed by atoms with van der Waals surface area (Å²) in [6.07, 6.45) is 3.24. The summed E-state index contributed by atoms with van der Waals surface area (Å²) < 4.78 is 10.7. The number of aryl methyl sites for hydroxylation is 1. The van der Waals surface area contributed by atoms with Crippen molar-refractivity contribution in [1.82, 2.24) is 5.32 Å². The van der Waals surface area contributed by atoms with Gasteiger partial charge in [-0.05, 0) is 55.7 Å². The van der Waals surface area contributed by atoms with Crippen LogP contribution in [0.25, 0.3) is 0 Å². The Hall–Kier alpha value is -0.870. The minimum atomic E-state index is 0.359. The van der Waals surface area contributed by atoms with Gasteiger partial charge in [-0.25, -0.2) is 0 Å². The minimum absolute atomic E-state index is 0.359. The minimum Gasteiger partial charge on any atom is -0.493 e. The van der Waals surface area contributed by atoms with Crippen molar-refractivity contribution in [2.75, 3.05) is 33.3 Å². The molecule has 0 aliphatic carbocycles. The second-order valence-corrected chi connectivity index (χ2v) is 5.17. The van der Waals surface area contributed by atoms with Gasteiger partial charge in [-0.15, -0.1) is 0 Å². The van der Waals surface area contributed by atoms with Crippen LogP contribution < -0.4 is 14.8 Å². The van der Waals surface area contributed by atoms with Gasteiger partial charge >= 0.3 is 0 Å². The molecule has 0 heterocycles. The van der Waals surface area contributed by atoms with Gasteiger partial charge in [-0.3, -0.25) is 0 Å². The van der Waals surface area contributed by atoms with E-state index in [0.717, 1.165) is 23.7 Å². The first-order valence-electron chi connectivity index (χ1n) is 6.06. The number of hydrogen-bond acceptors (Lipinski definition) is 4. The van der Waals surface area contributed by atoms with Crippen LogP contribution in [-0.2, 0) is 0 Å². The normalized spacial score (nSPS) is 12.3. The molecule has 18 heavy (non-hydrogen) atoms. The van der Waals surface area contributed by atoms with Crippen molar-refractivity contribution in [3.8, 4) is 11.5 Å². The molecule has 1 N–H and O–H groups in total. The molecule has 3 nitrogen and oxygen atoms in total. The first kappa shape index (κ1) is 15.2. The average molecular weight is 269 g/mol. The number of rotatable bonds is 7. The highest BCUT2D eigenvalue weighted by Gasteiger charge is 2.15. The molecule has 102 valence electrons. The number of methoxy groups -OCH3 is 2. The zero-order valence-electron chi connectivity index (χ0n) is 11.9. The molecule has 0 radical (unpaired) electrons. The van der Waals surface area contributed by atoms with E-state index in [9.17, 15) is 0 Å². The van der Waals surface area contributed by atoms with E-state index in [1.807, 2.05) is 24.9 Å². The third-order valence-electron chi connectivity index (χ3n) is 3.11. The van der Waals surface area contributed by atoms with E-state index in [2.05, 4.69) is 24.6 Å². The third-order valence-corrected chi connectivity index (χ3v) is 3.75. The van der Waals surface area contributed by atoms with Crippen molar-refractivity contribution in [2.45, 2.75) is 19.4 Å². The van der Waals surface area contributed by atoms with E-state index in [-0.39, 0.29) is 0 Å². The van der Waals surface area contributed by atoms with E-state index >= 15 is 0 Å². The zero-order chi connectivity index (χ0) is 13.5. The summed E-state index contributed by atoms with van der Waals surface area (Å²) >= 11 is 1.87.